The zero-order valence-corrected chi connectivity index (χ0v) is 16.3. The largest absolute Gasteiger partial charge is 0.342 e. The van der Waals surface area contributed by atoms with Gasteiger partial charge in [0.25, 0.3) is 5.91 Å². The first kappa shape index (κ1) is 17.6. The highest BCUT2D eigenvalue weighted by molar-refractivity contribution is 7.16. The van der Waals surface area contributed by atoms with E-state index in [1.165, 1.54) is 0 Å². The van der Waals surface area contributed by atoms with Gasteiger partial charge >= 0.3 is 0 Å². The third kappa shape index (κ3) is 3.08. The number of piperazine rings is 1. The van der Waals surface area contributed by atoms with Crippen molar-refractivity contribution in [3.05, 3.63) is 47.1 Å². The van der Waals surface area contributed by atoms with Crippen molar-refractivity contribution in [3.8, 4) is 11.3 Å². The number of rotatable bonds is 2. The average Bonchev–Trinajstić information content (AvgIpc) is 3.13. The number of carbonyl (C=O) groups excluding carboxylic acids is 2. The van der Waals surface area contributed by atoms with Gasteiger partial charge in [0.2, 0.25) is 5.91 Å². The molecule has 1 fully saturated rings. The second kappa shape index (κ2) is 6.74. The summed E-state index contributed by atoms with van der Waals surface area (Å²) in [5.41, 5.74) is 2.27. The number of hydrogen-bond acceptors (Lipinski definition) is 5. The number of aromatic nitrogens is 2. The summed E-state index contributed by atoms with van der Waals surface area (Å²) in [6.07, 6.45) is 0. The predicted molar refractivity (Wildman–Crippen MR) is 106 cm³/mol. The van der Waals surface area contributed by atoms with Crippen molar-refractivity contribution in [1.29, 1.82) is 0 Å². The monoisotopic (exact) mass is 380 g/mol. The van der Waals surface area contributed by atoms with E-state index >= 15 is 0 Å². The number of hydrogen-bond donors (Lipinski definition) is 0. The number of fused-ring (bicyclic) bond motifs is 1. The number of aryl methyl sites for hydroxylation is 1. The Bertz CT molecular complexity index is 1050. The third-order valence-electron chi connectivity index (χ3n) is 4.96. The van der Waals surface area contributed by atoms with Gasteiger partial charge in [-0.3, -0.25) is 9.59 Å². The van der Waals surface area contributed by atoms with Gasteiger partial charge in [-0.1, -0.05) is 12.1 Å². The maximum absolute atomic E-state index is 13.1. The molecule has 0 aliphatic carbocycles. The summed E-state index contributed by atoms with van der Waals surface area (Å²) in [7, 11) is 1.77. The molecule has 7 heteroatoms. The summed E-state index contributed by atoms with van der Waals surface area (Å²) in [6, 6.07) is 9.01. The Labute approximate surface area is 161 Å². The highest BCUT2D eigenvalue weighted by Gasteiger charge is 2.33. The van der Waals surface area contributed by atoms with Crippen molar-refractivity contribution in [1.82, 2.24) is 19.8 Å². The van der Waals surface area contributed by atoms with Gasteiger partial charge in [-0.15, -0.1) is 11.3 Å². The fourth-order valence-electron chi connectivity index (χ4n) is 3.44. The quantitative estimate of drug-likeness (QED) is 0.686. The van der Waals surface area contributed by atoms with Gasteiger partial charge in [0.05, 0.1) is 5.69 Å². The molecular formula is C20H20N4O2S. The number of likely N-dealkylation sites (N-methyl/N-ethyl adjacent to an activating group) is 1. The average molecular weight is 380 g/mol. The highest BCUT2D eigenvalue weighted by atomic mass is 32.1. The van der Waals surface area contributed by atoms with Gasteiger partial charge < -0.3 is 9.80 Å². The SMILES string of the molecule is Cc1nc(-c2cccc(C(=O)N3CCN(C)C(=O)[C@H]3C)c2)c2ccsc2n1. The smallest absolute Gasteiger partial charge is 0.254 e. The summed E-state index contributed by atoms with van der Waals surface area (Å²) < 4.78 is 0. The van der Waals surface area contributed by atoms with Crippen LogP contribution in [-0.2, 0) is 4.79 Å². The van der Waals surface area contributed by atoms with Crippen LogP contribution in [0.2, 0.25) is 0 Å². The van der Waals surface area contributed by atoms with E-state index in [1.807, 2.05) is 36.6 Å². The highest BCUT2D eigenvalue weighted by Crippen LogP contribution is 2.30. The van der Waals surface area contributed by atoms with Crippen LogP contribution in [-0.4, -0.2) is 57.8 Å². The van der Waals surface area contributed by atoms with E-state index in [4.69, 9.17) is 0 Å². The number of amides is 2. The minimum atomic E-state index is -0.454. The Morgan fingerprint density at radius 2 is 2.04 bits per heavy atom. The summed E-state index contributed by atoms with van der Waals surface area (Å²) in [5, 5.41) is 2.98. The Kier molecular flexibility index (Phi) is 4.39. The molecule has 0 saturated carbocycles. The van der Waals surface area contributed by atoms with Gasteiger partial charge in [0.15, 0.2) is 0 Å². The van der Waals surface area contributed by atoms with Crippen molar-refractivity contribution in [2.24, 2.45) is 0 Å². The van der Waals surface area contributed by atoms with Crippen LogP contribution >= 0.6 is 11.3 Å². The van der Waals surface area contributed by atoms with Crippen molar-refractivity contribution >= 4 is 33.4 Å². The minimum absolute atomic E-state index is 0.0304. The Morgan fingerprint density at radius 1 is 1.22 bits per heavy atom. The van der Waals surface area contributed by atoms with Gasteiger partial charge in [-0.25, -0.2) is 9.97 Å². The molecule has 4 rings (SSSR count). The minimum Gasteiger partial charge on any atom is -0.342 e. The Balaban J connectivity index is 1.71. The van der Waals surface area contributed by atoms with E-state index in [0.29, 0.717) is 24.5 Å². The lowest BCUT2D eigenvalue weighted by atomic mass is 10.0. The van der Waals surface area contributed by atoms with Gasteiger partial charge in [-0.2, -0.15) is 0 Å². The summed E-state index contributed by atoms with van der Waals surface area (Å²) in [6.45, 7) is 4.74. The van der Waals surface area contributed by atoms with Crippen LogP contribution in [0, 0.1) is 6.92 Å². The normalized spacial score (nSPS) is 17.6. The molecular weight excluding hydrogens is 360 g/mol. The maximum Gasteiger partial charge on any atom is 0.254 e. The molecule has 1 atom stereocenters. The zero-order chi connectivity index (χ0) is 19.1. The molecule has 0 unspecified atom stereocenters. The first-order chi connectivity index (χ1) is 13.0. The summed E-state index contributed by atoms with van der Waals surface area (Å²) >= 11 is 1.58. The summed E-state index contributed by atoms with van der Waals surface area (Å²) in [4.78, 5) is 38.6. The molecule has 0 spiro atoms. The molecule has 1 aliphatic rings. The van der Waals surface area contributed by atoms with E-state index in [2.05, 4.69) is 9.97 Å². The van der Waals surface area contributed by atoms with Crippen LogP contribution < -0.4 is 0 Å². The number of benzene rings is 1. The Hall–Kier alpha value is -2.80. The van der Waals surface area contributed by atoms with Crippen molar-refractivity contribution in [2.45, 2.75) is 19.9 Å². The molecule has 2 aromatic heterocycles. The topological polar surface area (TPSA) is 66.4 Å². The van der Waals surface area contributed by atoms with Crippen LogP contribution in [0.15, 0.2) is 35.7 Å². The molecule has 0 N–H and O–H groups in total. The van der Waals surface area contributed by atoms with Crippen LogP contribution in [0.25, 0.3) is 21.5 Å². The van der Waals surface area contributed by atoms with Crippen molar-refractivity contribution in [3.63, 3.8) is 0 Å². The fraction of sp³-hybridized carbons (Fsp3) is 0.300. The lowest BCUT2D eigenvalue weighted by Gasteiger charge is -2.37. The zero-order valence-electron chi connectivity index (χ0n) is 15.5. The lowest BCUT2D eigenvalue weighted by Crippen LogP contribution is -2.56. The molecule has 3 aromatic rings. The van der Waals surface area contributed by atoms with Gasteiger partial charge in [0, 0.05) is 36.7 Å². The van der Waals surface area contributed by atoms with E-state index in [0.717, 1.165) is 21.5 Å². The number of carbonyl (C=O) groups is 2. The van der Waals surface area contributed by atoms with E-state index in [1.54, 1.807) is 41.2 Å². The van der Waals surface area contributed by atoms with E-state index in [-0.39, 0.29) is 11.8 Å². The number of nitrogens with zero attached hydrogens (tertiary/aromatic N) is 4. The van der Waals surface area contributed by atoms with Crippen LogP contribution in [0.4, 0.5) is 0 Å². The molecule has 27 heavy (non-hydrogen) atoms. The Morgan fingerprint density at radius 3 is 2.85 bits per heavy atom. The third-order valence-corrected chi connectivity index (χ3v) is 5.76. The fourth-order valence-corrected chi connectivity index (χ4v) is 4.25. The van der Waals surface area contributed by atoms with Crippen molar-refractivity contribution < 1.29 is 9.59 Å². The van der Waals surface area contributed by atoms with Crippen LogP contribution in [0.1, 0.15) is 23.1 Å². The molecule has 3 heterocycles. The second-order valence-electron chi connectivity index (χ2n) is 6.77. The lowest BCUT2D eigenvalue weighted by molar-refractivity contribution is -0.137. The molecule has 1 aromatic carbocycles. The first-order valence-electron chi connectivity index (χ1n) is 8.84. The van der Waals surface area contributed by atoms with E-state index in [9.17, 15) is 9.59 Å². The van der Waals surface area contributed by atoms with Crippen LogP contribution in [0.3, 0.4) is 0 Å². The van der Waals surface area contributed by atoms with Gasteiger partial charge in [0.1, 0.15) is 16.7 Å². The predicted octanol–water partition coefficient (Wildman–Crippen LogP) is 2.97. The van der Waals surface area contributed by atoms with Crippen LogP contribution in [0.5, 0.6) is 0 Å². The molecule has 2 amide bonds. The molecule has 138 valence electrons. The number of thiophene rings is 1. The van der Waals surface area contributed by atoms with Gasteiger partial charge in [-0.05, 0) is 37.4 Å². The second-order valence-corrected chi connectivity index (χ2v) is 7.67. The maximum atomic E-state index is 13.1. The standard InChI is InChI=1S/C20H20N4O2S/c1-12-19(25)23(3)8-9-24(12)20(26)15-6-4-5-14(11-15)17-16-7-10-27-18(16)22-13(2)21-17/h4-7,10-12H,8-9H2,1-3H3/t12-/m1/s1. The van der Waals surface area contributed by atoms with E-state index < -0.39 is 6.04 Å². The first-order valence-corrected chi connectivity index (χ1v) is 9.72. The molecule has 1 aliphatic heterocycles. The molecule has 1 saturated heterocycles. The molecule has 0 bridgehead atoms. The molecule has 0 radical (unpaired) electrons. The van der Waals surface area contributed by atoms with Crippen molar-refractivity contribution in [2.75, 3.05) is 20.1 Å². The molecule has 6 nitrogen and oxygen atoms in total. The summed E-state index contributed by atoms with van der Waals surface area (Å²) in [5.74, 6) is 0.547.